The van der Waals surface area contributed by atoms with E-state index in [2.05, 4.69) is 5.87 Å². The van der Waals surface area contributed by atoms with E-state index >= 15 is 0 Å². The van der Waals surface area contributed by atoms with E-state index in [-0.39, 0.29) is 57.0 Å². The molecule has 0 saturated carbocycles. The van der Waals surface area contributed by atoms with Crippen LogP contribution in [0, 0.1) is 5.82 Å². The predicted molar refractivity (Wildman–Crippen MR) is 147 cm³/mol. The molecule has 2 aromatic rings. The fraction of sp³-hybridized carbons (Fsp3) is 0.500. The van der Waals surface area contributed by atoms with Crippen LogP contribution >= 0.6 is 0 Å². The summed E-state index contributed by atoms with van der Waals surface area (Å²) in [5, 5.41) is 0. The third kappa shape index (κ3) is 7.45. The lowest BCUT2D eigenvalue weighted by Crippen LogP contribution is -2.49. The minimum atomic E-state index is -2.76. The average Bonchev–Trinajstić information content (AvgIpc) is 3.07. The zero-order valence-corrected chi connectivity index (χ0v) is 23.2. The van der Waals surface area contributed by atoms with Crippen molar-refractivity contribution in [1.29, 1.82) is 0 Å². The molecule has 0 aromatic heterocycles. The van der Waals surface area contributed by atoms with Gasteiger partial charge in [-0.3, -0.25) is 9.00 Å². The highest BCUT2D eigenvalue weighted by Gasteiger charge is 2.33. The molecule has 4 rings (SSSR count). The lowest BCUT2D eigenvalue weighted by atomic mass is 10.1. The number of carbonyl (C=O) groups excluding carboxylic acids is 1. The maximum atomic E-state index is 14.8. The number of amides is 1. The molecular formula is C28H34F5N3O3S. The molecule has 0 radical (unpaired) electrons. The van der Waals surface area contributed by atoms with Gasteiger partial charge in [0, 0.05) is 68.9 Å². The van der Waals surface area contributed by atoms with Crippen LogP contribution < -0.4 is 9.80 Å². The molecule has 2 aliphatic rings. The number of alkyl halides is 4. The van der Waals surface area contributed by atoms with Gasteiger partial charge in [-0.15, -0.1) is 0 Å². The number of hydrogen-bond donors (Lipinski definition) is 0. The Bertz CT molecular complexity index is 1310. The lowest BCUT2D eigenvalue weighted by Gasteiger charge is -2.37. The Hall–Kier alpha value is -2.86. The highest BCUT2D eigenvalue weighted by atomic mass is 32.2. The Morgan fingerprint density at radius 2 is 1.68 bits per heavy atom. The highest BCUT2D eigenvalue weighted by Crippen LogP contribution is 2.33. The molecule has 2 saturated heterocycles. The molecule has 40 heavy (non-hydrogen) atoms. The highest BCUT2D eigenvalue weighted by molar-refractivity contribution is 7.99. The third-order valence-electron chi connectivity index (χ3n) is 7.19. The van der Waals surface area contributed by atoms with Crippen LogP contribution in [0.3, 0.4) is 0 Å². The zero-order valence-electron chi connectivity index (χ0n) is 22.4. The maximum Gasteiger partial charge on any atom is 0.261 e. The van der Waals surface area contributed by atoms with Crippen molar-refractivity contribution in [2.24, 2.45) is 0 Å². The Labute approximate surface area is 231 Å². The van der Waals surface area contributed by atoms with E-state index in [1.54, 1.807) is 45.0 Å². The van der Waals surface area contributed by atoms with Crippen molar-refractivity contribution in [3.63, 3.8) is 0 Å². The summed E-state index contributed by atoms with van der Waals surface area (Å²) in [6.45, 7) is 0.862. The van der Waals surface area contributed by atoms with Gasteiger partial charge >= 0.3 is 0 Å². The number of halogens is 5. The van der Waals surface area contributed by atoms with E-state index in [0.29, 0.717) is 41.5 Å². The first-order valence-corrected chi connectivity index (χ1v) is 15.3. The minimum Gasteiger partial charge on any atom is -0.371 e. The van der Waals surface area contributed by atoms with E-state index in [1.807, 2.05) is 0 Å². The average molecular weight is 588 g/mol. The molecule has 0 N–H and O–H groups in total. The van der Waals surface area contributed by atoms with Crippen molar-refractivity contribution >= 4 is 32.7 Å². The SMILES string of the molecule is C=S(C)(=O)c1ccc(N2CCCC(F)(F)CC2)c(C(=O)N2CCN(c3ccc(COCC(F)F)cc3F)CC2)c1. The van der Waals surface area contributed by atoms with E-state index in [1.165, 1.54) is 12.3 Å². The summed E-state index contributed by atoms with van der Waals surface area (Å²) in [5.74, 6) is 0.130. The Morgan fingerprint density at radius 1 is 1.00 bits per heavy atom. The van der Waals surface area contributed by atoms with Gasteiger partial charge in [0.15, 0.2) is 0 Å². The first-order valence-electron chi connectivity index (χ1n) is 13.1. The van der Waals surface area contributed by atoms with Crippen LogP contribution in [0.2, 0.25) is 0 Å². The van der Waals surface area contributed by atoms with Gasteiger partial charge in [-0.2, -0.15) is 0 Å². The first-order chi connectivity index (χ1) is 18.8. The number of hydrogen-bond acceptors (Lipinski definition) is 5. The van der Waals surface area contributed by atoms with Crippen LogP contribution in [0.5, 0.6) is 0 Å². The van der Waals surface area contributed by atoms with Gasteiger partial charge in [-0.1, -0.05) is 6.07 Å². The van der Waals surface area contributed by atoms with Crippen molar-refractivity contribution < 1.29 is 35.7 Å². The van der Waals surface area contributed by atoms with Crippen LogP contribution in [0.4, 0.5) is 33.3 Å². The van der Waals surface area contributed by atoms with Gasteiger partial charge in [0.1, 0.15) is 12.4 Å². The molecule has 0 spiro atoms. The van der Waals surface area contributed by atoms with Gasteiger partial charge in [0.25, 0.3) is 12.3 Å². The molecule has 2 aliphatic heterocycles. The summed E-state index contributed by atoms with van der Waals surface area (Å²) in [5.41, 5.74) is 1.58. The zero-order chi connectivity index (χ0) is 29.1. The van der Waals surface area contributed by atoms with Gasteiger partial charge < -0.3 is 19.4 Å². The van der Waals surface area contributed by atoms with Gasteiger partial charge in [0.05, 0.1) is 17.9 Å². The first kappa shape index (κ1) is 30.1. The standard InChI is InChI=1S/C28H34F5N3O3S/c1-40(2,38)21-5-7-24(34-10-3-8-28(32,33)9-11-34)22(17-21)27(37)36-14-12-35(13-15-36)25-6-4-20(16-23(25)29)18-39-19-26(30)31/h4-7,16-17,26H,1,3,8-15,18-19H2,2H3. The summed E-state index contributed by atoms with van der Waals surface area (Å²) < 4.78 is 85.0. The van der Waals surface area contributed by atoms with E-state index < -0.39 is 34.3 Å². The second kappa shape index (κ2) is 12.3. The normalized spacial score (nSPS) is 19.4. The quantitative estimate of drug-likeness (QED) is 0.325. The van der Waals surface area contributed by atoms with Crippen molar-refractivity contribution in [1.82, 2.24) is 4.90 Å². The van der Waals surface area contributed by atoms with Crippen LogP contribution in [-0.4, -0.2) is 85.4 Å². The summed E-state index contributed by atoms with van der Waals surface area (Å²) in [4.78, 5) is 19.3. The molecule has 220 valence electrons. The van der Waals surface area contributed by atoms with Crippen LogP contribution in [-0.2, 0) is 20.9 Å². The predicted octanol–water partition coefficient (Wildman–Crippen LogP) is 4.90. The molecule has 12 heteroatoms. The molecule has 1 unspecified atom stereocenters. The van der Waals surface area contributed by atoms with Crippen LogP contribution in [0.1, 0.15) is 35.2 Å². The number of nitrogens with zero attached hydrogens (tertiary/aromatic N) is 3. The van der Waals surface area contributed by atoms with Crippen LogP contribution in [0.15, 0.2) is 41.3 Å². The molecule has 1 atom stereocenters. The smallest absolute Gasteiger partial charge is 0.261 e. The van der Waals surface area contributed by atoms with Crippen molar-refractivity contribution in [3.05, 3.63) is 53.3 Å². The number of benzene rings is 2. The Balaban J connectivity index is 1.49. The number of carbonyl (C=O) groups is 1. The van der Waals surface area contributed by atoms with Gasteiger partial charge in [0.2, 0.25) is 5.92 Å². The van der Waals surface area contributed by atoms with Crippen molar-refractivity contribution in [2.75, 3.05) is 61.9 Å². The number of ether oxygens (including phenoxy) is 1. The summed E-state index contributed by atoms with van der Waals surface area (Å²) >= 11 is 0. The molecule has 2 aromatic carbocycles. The Kier molecular flexibility index (Phi) is 9.29. The molecule has 2 fully saturated rings. The third-order valence-corrected chi connectivity index (χ3v) is 8.44. The second-order valence-corrected chi connectivity index (χ2v) is 12.8. The molecule has 2 heterocycles. The molecule has 1 amide bonds. The fourth-order valence-corrected chi connectivity index (χ4v) is 5.74. The largest absolute Gasteiger partial charge is 0.371 e. The molecule has 0 aliphatic carbocycles. The molecule has 0 bridgehead atoms. The maximum absolute atomic E-state index is 14.8. The lowest BCUT2D eigenvalue weighted by molar-refractivity contribution is -0.0102. The van der Waals surface area contributed by atoms with Crippen molar-refractivity contribution in [3.8, 4) is 0 Å². The van der Waals surface area contributed by atoms with Gasteiger partial charge in [-0.25, -0.2) is 22.0 Å². The minimum absolute atomic E-state index is 0.0920. The summed E-state index contributed by atoms with van der Waals surface area (Å²) in [6, 6.07) is 9.28. The van der Waals surface area contributed by atoms with Crippen LogP contribution in [0.25, 0.3) is 0 Å². The van der Waals surface area contributed by atoms with E-state index in [9.17, 15) is 31.0 Å². The van der Waals surface area contributed by atoms with E-state index in [4.69, 9.17) is 4.74 Å². The topological polar surface area (TPSA) is 53.1 Å². The number of anilines is 2. The Morgan fingerprint density at radius 3 is 2.33 bits per heavy atom. The summed E-state index contributed by atoms with van der Waals surface area (Å²) in [7, 11) is -2.63. The molecular weight excluding hydrogens is 553 g/mol. The fourth-order valence-electron chi connectivity index (χ4n) is 5.02. The van der Waals surface area contributed by atoms with Gasteiger partial charge in [-0.05, 0) is 57.7 Å². The van der Waals surface area contributed by atoms with E-state index in [0.717, 1.165) is 0 Å². The number of piperazine rings is 1. The molecule has 6 nitrogen and oxygen atoms in total. The second-order valence-electron chi connectivity index (χ2n) is 10.4. The number of rotatable bonds is 8. The monoisotopic (exact) mass is 587 g/mol. The summed E-state index contributed by atoms with van der Waals surface area (Å²) in [6.07, 6.45) is -1.37. The van der Waals surface area contributed by atoms with Crippen molar-refractivity contribution in [2.45, 2.75) is 43.1 Å².